The van der Waals surface area contributed by atoms with Gasteiger partial charge in [0, 0.05) is 13.2 Å². The average molecular weight is 192 g/mol. The fourth-order valence-corrected chi connectivity index (χ4v) is 0.969. The van der Waals surface area contributed by atoms with E-state index < -0.39 is 0 Å². The first-order valence-corrected chi connectivity index (χ1v) is 3.91. The predicted molar refractivity (Wildman–Crippen MR) is 46.9 cm³/mol. The number of rotatable bonds is 2. The van der Waals surface area contributed by atoms with Gasteiger partial charge in [0.05, 0.1) is 0 Å². The molecule has 0 unspecified atom stereocenters. The van der Waals surface area contributed by atoms with Gasteiger partial charge in [0.15, 0.2) is 5.69 Å². The van der Waals surface area contributed by atoms with Gasteiger partial charge >= 0.3 is 0 Å². The predicted octanol–water partition coefficient (Wildman–Crippen LogP) is -0.605. The Labute approximate surface area is 79.3 Å². The number of carbonyl (C=O) groups is 1. The third kappa shape index (κ3) is 1.60. The van der Waals surface area contributed by atoms with Crippen LogP contribution in [0.3, 0.4) is 0 Å². The van der Waals surface area contributed by atoms with Crippen LogP contribution in [0.25, 0.3) is 0 Å². The van der Waals surface area contributed by atoms with Crippen LogP contribution in [0.15, 0.2) is 24.9 Å². The molecule has 0 bridgehead atoms. The standard InChI is InChI=1S/C7H8N6O/c1-12-3-2-6(10-12)7(14)11-13-4-8-9-5-13/h2-5H,1H3,(H,11,14). The Bertz CT molecular complexity index is 431. The molecule has 2 heterocycles. The fourth-order valence-electron chi connectivity index (χ4n) is 0.969. The number of carbonyl (C=O) groups excluding carboxylic acids is 1. The highest BCUT2D eigenvalue weighted by Crippen LogP contribution is 1.94. The maximum Gasteiger partial charge on any atom is 0.290 e. The SMILES string of the molecule is Cn1ccc(C(=O)Nn2cnnc2)n1. The van der Waals surface area contributed by atoms with Crippen LogP contribution in [0.5, 0.6) is 0 Å². The third-order valence-electron chi connectivity index (χ3n) is 1.60. The second-order valence-electron chi connectivity index (χ2n) is 2.68. The first-order valence-electron chi connectivity index (χ1n) is 3.91. The summed E-state index contributed by atoms with van der Waals surface area (Å²) in [6.07, 6.45) is 4.47. The van der Waals surface area contributed by atoms with Crippen molar-refractivity contribution in [3.05, 3.63) is 30.6 Å². The van der Waals surface area contributed by atoms with E-state index in [2.05, 4.69) is 20.7 Å². The molecule has 0 fully saturated rings. The molecule has 1 N–H and O–H groups in total. The number of aryl methyl sites for hydroxylation is 1. The van der Waals surface area contributed by atoms with Crippen molar-refractivity contribution in [3.8, 4) is 0 Å². The van der Waals surface area contributed by atoms with Gasteiger partial charge in [-0.15, -0.1) is 10.2 Å². The van der Waals surface area contributed by atoms with Crippen LogP contribution in [-0.4, -0.2) is 30.6 Å². The highest BCUT2D eigenvalue weighted by Gasteiger charge is 2.08. The van der Waals surface area contributed by atoms with Crippen LogP contribution in [0.2, 0.25) is 0 Å². The second kappa shape index (κ2) is 3.29. The molecule has 0 aliphatic heterocycles. The zero-order valence-corrected chi connectivity index (χ0v) is 7.45. The molecule has 0 spiro atoms. The van der Waals surface area contributed by atoms with Gasteiger partial charge in [0.1, 0.15) is 12.7 Å². The number of amides is 1. The Balaban J connectivity index is 2.10. The van der Waals surface area contributed by atoms with Crippen molar-refractivity contribution in [1.82, 2.24) is 24.7 Å². The summed E-state index contributed by atoms with van der Waals surface area (Å²) in [7, 11) is 1.75. The maximum atomic E-state index is 11.5. The lowest BCUT2D eigenvalue weighted by atomic mass is 10.4. The molecule has 2 rings (SSSR count). The zero-order chi connectivity index (χ0) is 9.97. The Morgan fingerprint density at radius 3 is 2.71 bits per heavy atom. The largest absolute Gasteiger partial charge is 0.290 e. The second-order valence-corrected chi connectivity index (χ2v) is 2.68. The highest BCUT2D eigenvalue weighted by molar-refractivity contribution is 5.98. The first-order chi connectivity index (χ1) is 6.75. The molecule has 2 aromatic rings. The quantitative estimate of drug-likeness (QED) is 0.688. The molecule has 0 saturated heterocycles. The van der Waals surface area contributed by atoms with Crippen molar-refractivity contribution in [3.63, 3.8) is 0 Å². The molecule has 0 saturated carbocycles. The Morgan fingerprint density at radius 2 is 2.14 bits per heavy atom. The van der Waals surface area contributed by atoms with Gasteiger partial charge in [-0.25, -0.2) is 4.68 Å². The van der Waals surface area contributed by atoms with Gasteiger partial charge in [-0.1, -0.05) is 0 Å². The maximum absolute atomic E-state index is 11.5. The number of aromatic nitrogens is 5. The summed E-state index contributed by atoms with van der Waals surface area (Å²) >= 11 is 0. The van der Waals surface area contributed by atoms with Crippen LogP contribution in [0, 0.1) is 0 Å². The minimum atomic E-state index is -0.301. The smallest absolute Gasteiger partial charge is 0.275 e. The van der Waals surface area contributed by atoms with E-state index in [9.17, 15) is 4.79 Å². The van der Waals surface area contributed by atoms with Gasteiger partial charge in [0.25, 0.3) is 5.91 Å². The van der Waals surface area contributed by atoms with E-state index in [0.29, 0.717) is 5.69 Å². The molecule has 7 nitrogen and oxygen atoms in total. The van der Waals surface area contributed by atoms with E-state index in [-0.39, 0.29) is 5.91 Å². The lowest BCUT2D eigenvalue weighted by molar-refractivity contribution is 0.100. The summed E-state index contributed by atoms with van der Waals surface area (Å²) in [6, 6.07) is 1.62. The monoisotopic (exact) mass is 192 g/mol. The fraction of sp³-hybridized carbons (Fsp3) is 0.143. The lowest BCUT2D eigenvalue weighted by Gasteiger charge is -2.00. The van der Waals surface area contributed by atoms with Crippen molar-refractivity contribution in [1.29, 1.82) is 0 Å². The average Bonchev–Trinajstić information content (AvgIpc) is 2.75. The van der Waals surface area contributed by atoms with E-state index in [1.54, 1.807) is 24.0 Å². The summed E-state index contributed by atoms with van der Waals surface area (Å²) < 4.78 is 2.91. The van der Waals surface area contributed by atoms with E-state index >= 15 is 0 Å². The molecule has 0 aliphatic carbocycles. The first kappa shape index (κ1) is 8.42. The molecular weight excluding hydrogens is 184 g/mol. The van der Waals surface area contributed by atoms with E-state index in [0.717, 1.165) is 0 Å². The van der Waals surface area contributed by atoms with Crippen molar-refractivity contribution < 1.29 is 4.79 Å². The molecular formula is C7H8N6O. The third-order valence-corrected chi connectivity index (χ3v) is 1.60. The number of nitrogens with one attached hydrogen (secondary N) is 1. The van der Waals surface area contributed by atoms with Crippen LogP contribution >= 0.6 is 0 Å². The van der Waals surface area contributed by atoms with Crippen LogP contribution in [0.4, 0.5) is 0 Å². The van der Waals surface area contributed by atoms with Gasteiger partial charge in [0.2, 0.25) is 0 Å². The van der Waals surface area contributed by atoms with Crippen molar-refractivity contribution in [2.45, 2.75) is 0 Å². The molecule has 2 aromatic heterocycles. The van der Waals surface area contributed by atoms with E-state index in [1.165, 1.54) is 17.3 Å². The van der Waals surface area contributed by atoms with Crippen LogP contribution < -0.4 is 5.43 Å². The van der Waals surface area contributed by atoms with E-state index in [4.69, 9.17) is 0 Å². The highest BCUT2D eigenvalue weighted by atomic mass is 16.2. The number of hydrogen-bond donors (Lipinski definition) is 1. The van der Waals surface area contributed by atoms with Gasteiger partial charge in [-0.05, 0) is 6.07 Å². The Kier molecular flexibility index (Phi) is 1.98. The summed E-state index contributed by atoms with van der Waals surface area (Å²) in [4.78, 5) is 11.5. The Morgan fingerprint density at radius 1 is 1.43 bits per heavy atom. The molecule has 1 amide bonds. The van der Waals surface area contributed by atoms with Crippen molar-refractivity contribution in [2.75, 3.05) is 5.43 Å². The minimum Gasteiger partial charge on any atom is -0.275 e. The molecule has 14 heavy (non-hydrogen) atoms. The normalized spacial score (nSPS) is 10.1. The summed E-state index contributed by atoms with van der Waals surface area (Å²) in [5, 5.41) is 11.0. The number of nitrogens with zero attached hydrogens (tertiary/aromatic N) is 5. The van der Waals surface area contributed by atoms with Crippen LogP contribution in [-0.2, 0) is 7.05 Å². The summed E-state index contributed by atoms with van der Waals surface area (Å²) in [5.41, 5.74) is 2.88. The summed E-state index contributed by atoms with van der Waals surface area (Å²) in [6.45, 7) is 0. The molecule has 0 atom stereocenters. The molecule has 72 valence electrons. The van der Waals surface area contributed by atoms with E-state index in [1.807, 2.05) is 0 Å². The minimum absolute atomic E-state index is 0.301. The lowest BCUT2D eigenvalue weighted by Crippen LogP contribution is -2.22. The molecule has 0 aliphatic rings. The number of hydrogen-bond acceptors (Lipinski definition) is 4. The van der Waals surface area contributed by atoms with Crippen molar-refractivity contribution in [2.24, 2.45) is 7.05 Å². The van der Waals surface area contributed by atoms with Gasteiger partial charge < -0.3 is 0 Å². The van der Waals surface area contributed by atoms with Crippen LogP contribution in [0.1, 0.15) is 10.5 Å². The van der Waals surface area contributed by atoms with Gasteiger partial charge in [-0.3, -0.25) is 14.9 Å². The molecule has 0 radical (unpaired) electrons. The zero-order valence-electron chi connectivity index (χ0n) is 7.45. The molecule has 0 aromatic carbocycles. The molecule has 7 heteroatoms. The topological polar surface area (TPSA) is 77.6 Å². The summed E-state index contributed by atoms with van der Waals surface area (Å²) in [5.74, 6) is -0.301. The van der Waals surface area contributed by atoms with Gasteiger partial charge in [-0.2, -0.15) is 5.10 Å². The van der Waals surface area contributed by atoms with Crippen molar-refractivity contribution >= 4 is 5.91 Å². The Hall–Kier alpha value is -2.18.